The van der Waals surface area contributed by atoms with Crippen molar-refractivity contribution >= 4 is 23.2 Å². The number of aryl methyl sites for hydroxylation is 1. The Hall–Kier alpha value is -2.89. The number of rotatable bonds is 2. The molecule has 0 bridgehead atoms. The number of nitrogens with zero attached hydrogens (tertiary/aromatic N) is 3. The second-order valence-electron chi connectivity index (χ2n) is 4.52. The molecule has 6 nitrogen and oxygen atoms in total. The van der Waals surface area contributed by atoms with Crippen LogP contribution in [0, 0.1) is 6.92 Å². The van der Waals surface area contributed by atoms with Gasteiger partial charge in [-0.1, -0.05) is 0 Å². The molecule has 3 aromatic rings. The molecule has 20 heavy (non-hydrogen) atoms. The zero-order valence-corrected chi connectivity index (χ0v) is 10.9. The maximum Gasteiger partial charge on any atom is 0.258 e. The first kappa shape index (κ1) is 12.2. The molecule has 0 unspecified atom stereocenters. The maximum atomic E-state index is 12.0. The first-order valence-corrected chi connectivity index (χ1v) is 6.12. The molecule has 0 aliphatic heterocycles. The molecular weight excluding hydrogens is 254 g/mol. The molecule has 0 atom stereocenters. The van der Waals surface area contributed by atoms with Gasteiger partial charge in [-0.05, 0) is 48.9 Å². The number of pyridine rings is 1. The number of hydrogen-bond acceptors (Lipinski definition) is 4. The molecule has 0 fully saturated rings. The Morgan fingerprint density at radius 1 is 1.25 bits per heavy atom. The van der Waals surface area contributed by atoms with Gasteiger partial charge in [-0.3, -0.25) is 10.1 Å². The van der Waals surface area contributed by atoms with E-state index in [1.54, 1.807) is 35.0 Å². The molecule has 100 valence electrons. The number of nitrogens with two attached hydrogens (primary N) is 1. The lowest BCUT2D eigenvalue weighted by atomic mass is 10.2. The molecule has 1 amide bonds. The minimum atomic E-state index is -0.266. The highest BCUT2D eigenvalue weighted by Gasteiger charge is 2.09. The van der Waals surface area contributed by atoms with Gasteiger partial charge in [0.2, 0.25) is 5.95 Å². The SMILES string of the molecule is Cc1ccn2nc(NC(=O)c3ccc(N)cc3)nc2c1. The van der Waals surface area contributed by atoms with Crippen LogP contribution >= 0.6 is 0 Å². The fourth-order valence-electron chi connectivity index (χ4n) is 1.84. The van der Waals surface area contributed by atoms with Gasteiger partial charge >= 0.3 is 0 Å². The van der Waals surface area contributed by atoms with E-state index in [2.05, 4.69) is 15.4 Å². The minimum absolute atomic E-state index is 0.266. The van der Waals surface area contributed by atoms with Gasteiger partial charge in [0, 0.05) is 17.4 Å². The van der Waals surface area contributed by atoms with Crippen molar-refractivity contribution in [2.75, 3.05) is 11.1 Å². The monoisotopic (exact) mass is 267 g/mol. The van der Waals surface area contributed by atoms with E-state index >= 15 is 0 Å². The number of aromatic nitrogens is 3. The molecule has 0 saturated carbocycles. The van der Waals surface area contributed by atoms with Gasteiger partial charge < -0.3 is 5.73 Å². The van der Waals surface area contributed by atoms with Crippen LogP contribution in [0.2, 0.25) is 0 Å². The van der Waals surface area contributed by atoms with Crippen LogP contribution in [-0.4, -0.2) is 20.5 Å². The lowest BCUT2D eigenvalue weighted by Crippen LogP contribution is -2.13. The maximum absolute atomic E-state index is 12.0. The Balaban J connectivity index is 1.85. The third-order valence-corrected chi connectivity index (χ3v) is 2.89. The smallest absolute Gasteiger partial charge is 0.258 e. The van der Waals surface area contributed by atoms with E-state index in [9.17, 15) is 4.79 Å². The molecule has 0 saturated heterocycles. The Morgan fingerprint density at radius 2 is 2.00 bits per heavy atom. The molecule has 6 heteroatoms. The lowest BCUT2D eigenvalue weighted by Gasteiger charge is -2.00. The largest absolute Gasteiger partial charge is 0.399 e. The van der Waals surface area contributed by atoms with Crippen LogP contribution in [0.25, 0.3) is 5.65 Å². The van der Waals surface area contributed by atoms with Crippen molar-refractivity contribution in [2.24, 2.45) is 0 Å². The standard InChI is InChI=1S/C14H13N5O/c1-9-6-7-19-12(8-9)16-14(18-19)17-13(20)10-2-4-11(15)5-3-10/h2-8H,15H2,1H3,(H,17,18,20). The fourth-order valence-corrected chi connectivity index (χ4v) is 1.84. The van der Waals surface area contributed by atoms with Crippen LogP contribution in [0.5, 0.6) is 0 Å². The summed E-state index contributed by atoms with van der Waals surface area (Å²) in [6.45, 7) is 1.97. The van der Waals surface area contributed by atoms with Crippen molar-refractivity contribution < 1.29 is 4.79 Å². The Bertz CT molecular complexity index is 776. The van der Waals surface area contributed by atoms with Crippen LogP contribution in [0.15, 0.2) is 42.6 Å². The summed E-state index contributed by atoms with van der Waals surface area (Å²) in [6.07, 6.45) is 1.80. The van der Waals surface area contributed by atoms with Crippen LogP contribution in [0.1, 0.15) is 15.9 Å². The van der Waals surface area contributed by atoms with Gasteiger partial charge in [-0.25, -0.2) is 4.52 Å². The van der Waals surface area contributed by atoms with Crippen molar-refractivity contribution in [3.05, 3.63) is 53.7 Å². The predicted octanol–water partition coefficient (Wildman–Crippen LogP) is 1.87. The van der Waals surface area contributed by atoms with Gasteiger partial charge in [0.1, 0.15) is 0 Å². The number of amides is 1. The van der Waals surface area contributed by atoms with Crippen molar-refractivity contribution in [3.63, 3.8) is 0 Å². The zero-order chi connectivity index (χ0) is 14.1. The topological polar surface area (TPSA) is 85.3 Å². The highest BCUT2D eigenvalue weighted by Crippen LogP contribution is 2.10. The van der Waals surface area contributed by atoms with E-state index in [0.29, 0.717) is 16.9 Å². The molecule has 0 spiro atoms. The summed E-state index contributed by atoms with van der Waals surface area (Å²) in [5.74, 6) is 0.00931. The summed E-state index contributed by atoms with van der Waals surface area (Å²) in [6, 6.07) is 10.5. The number of hydrogen-bond donors (Lipinski definition) is 2. The predicted molar refractivity (Wildman–Crippen MR) is 76.5 cm³/mol. The van der Waals surface area contributed by atoms with Gasteiger partial charge in [0.25, 0.3) is 5.91 Å². The van der Waals surface area contributed by atoms with E-state index in [0.717, 1.165) is 5.56 Å². The summed E-state index contributed by atoms with van der Waals surface area (Å²) < 4.78 is 1.62. The summed E-state index contributed by atoms with van der Waals surface area (Å²) in [7, 11) is 0. The van der Waals surface area contributed by atoms with Crippen LogP contribution < -0.4 is 11.1 Å². The Labute approximate surface area is 115 Å². The van der Waals surface area contributed by atoms with E-state index in [4.69, 9.17) is 5.73 Å². The first-order valence-electron chi connectivity index (χ1n) is 6.12. The summed E-state index contributed by atoms with van der Waals surface area (Å²) in [5.41, 5.74) is 8.48. The molecule has 1 aromatic carbocycles. The van der Waals surface area contributed by atoms with Crippen molar-refractivity contribution in [3.8, 4) is 0 Å². The van der Waals surface area contributed by atoms with Gasteiger partial charge in [0.05, 0.1) is 0 Å². The van der Waals surface area contributed by atoms with E-state index in [1.165, 1.54) is 0 Å². The van der Waals surface area contributed by atoms with E-state index in [-0.39, 0.29) is 11.9 Å². The van der Waals surface area contributed by atoms with E-state index < -0.39 is 0 Å². The van der Waals surface area contributed by atoms with Gasteiger partial charge in [-0.2, -0.15) is 4.98 Å². The highest BCUT2D eigenvalue weighted by molar-refractivity contribution is 6.03. The third kappa shape index (κ3) is 2.31. The quantitative estimate of drug-likeness (QED) is 0.694. The lowest BCUT2D eigenvalue weighted by molar-refractivity contribution is 0.102. The van der Waals surface area contributed by atoms with Crippen molar-refractivity contribution in [1.29, 1.82) is 0 Å². The number of anilines is 2. The van der Waals surface area contributed by atoms with Crippen LogP contribution in [0.3, 0.4) is 0 Å². The molecule has 3 rings (SSSR count). The number of nitrogen functional groups attached to an aromatic ring is 1. The van der Waals surface area contributed by atoms with Crippen LogP contribution in [-0.2, 0) is 0 Å². The van der Waals surface area contributed by atoms with Crippen molar-refractivity contribution in [1.82, 2.24) is 14.6 Å². The Kier molecular flexibility index (Phi) is 2.83. The summed E-state index contributed by atoms with van der Waals surface area (Å²) in [4.78, 5) is 16.3. The molecule has 2 heterocycles. The molecule has 2 aromatic heterocycles. The number of carbonyl (C=O) groups excluding carboxylic acids is 1. The number of fused-ring (bicyclic) bond motifs is 1. The normalized spacial score (nSPS) is 10.7. The molecule has 3 N–H and O–H groups in total. The van der Waals surface area contributed by atoms with Crippen molar-refractivity contribution in [2.45, 2.75) is 6.92 Å². The third-order valence-electron chi connectivity index (χ3n) is 2.89. The summed E-state index contributed by atoms with van der Waals surface area (Å²) in [5, 5.41) is 6.85. The van der Waals surface area contributed by atoms with Gasteiger partial charge in [0.15, 0.2) is 5.65 Å². The van der Waals surface area contributed by atoms with E-state index in [1.807, 2.05) is 19.1 Å². The summed E-state index contributed by atoms with van der Waals surface area (Å²) >= 11 is 0. The number of carbonyl (C=O) groups is 1. The molecule has 0 aliphatic rings. The first-order chi connectivity index (χ1) is 9.61. The average molecular weight is 267 g/mol. The molecule has 0 aliphatic carbocycles. The zero-order valence-electron chi connectivity index (χ0n) is 10.9. The highest BCUT2D eigenvalue weighted by atomic mass is 16.1. The number of nitrogens with one attached hydrogen (secondary N) is 1. The van der Waals surface area contributed by atoms with Crippen LogP contribution in [0.4, 0.5) is 11.6 Å². The second-order valence-corrected chi connectivity index (χ2v) is 4.52. The molecule has 0 radical (unpaired) electrons. The Morgan fingerprint density at radius 3 is 2.75 bits per heavy atom. The number of benzene rings is 1. The minimum Gasteiger partial charge on any atom is -0.399 e. The second kappa shape index (κ2) is 4.65. The fraction of sp³-hybridized carbons (Fsp3) is 0.0714. The van der Waals surface area contributed by atoms with Gasteiger partial charge in [-0.15, -0.1) is 5.10 Å². The average Bonchev–Trinajstić information content (AvgIpc) is 2.80. The molecular formula is C14H13N5O.